The van der Waals surface area contributed by atoms with Crippen molar-refractivity contribution >= 4 is 20.3 Å². The third-order valence-electron chi connectivity index (χ3n) is 5.52. The summed E-state index contributed by atoms with van der Waals surface area (Å²) >= 11 is 0. The minimum atomic E-state index is -2.06. The Morgan fingerprint density at radius 3 is 2.17 bits per heavy atom. The third kappa shape index (κ3) is 9.89. The molecule has 0 rings (SSSR count). The SMILES string of the molecule is C=C(/C=C/CCCC(O[Si](C)(C)C(C)(C)C)C(=C)C(=O)OC)C(CCC)OC(C)=O. The largest absolute Gasteiger partial charge is 0.466 e. The second-order valence-corrected chi connectivity index (χ2v) is 13.9. The second kappa shape index (κ2) is 12.9. The first-order valence-corrected chi connectivity index (χ1v) is 13.6. The Morgan fingerprint density at radius 2 is 1.70 bits per heavy atom. The maximum absolute atomic E-state index is 12.0. The summed E-state index contributed by atoms with van der Waals surface area (Å²) in [5, 5.41) is 0.0320. The van der Waals surface area contributed by atoms with Gasteiger partial charge in [-0.15, -0.1) is 0 Å². The number of hydrogen-bond acceptors (Lipinski definition) is 5. The van der Waals surface area contributed by atoms with Crippen LogP contribution in [0.15, 0.2) is 36.5 Å². The van der Waals surface area contributed by atoms with E-state index in [1.54, 1.807) is 0 Å². The molecule has 0 bridgehead atoms. The van der Waals surface area contributed by atoms with Crippen LogP contribution in [0.3, 0.4) is 0 Å². The van der Waals surface area contributed by atoms with Crippen molar-refractivity contribution in [1.29, 1.82) is 0 Å². The van der Waals surface area contributed by atoms with Gasteiger partial charge in [-0.25, -0.2) is 4.79 Å². The van der Waals surface area contributed by atoms with Crippen molar-refractivity contribution in [3.63, 3.8) is 0 Å². The Hall–Kier alpha value is -1.66. The molecule has 6 heteroatoms. The summed E-state index contributed by atoms with van der Waals surface area (Å²) in [6.45, 7) is 22.3. The molecule has 2 atom stereocenters. The van der Waals surface area contributed by atoms with Crippen molar-refractivity contribution in [1.82, 2.24) is 0 Å². The number of ether oxygens (including phenoxy) is 2. The van der Waals surface area contributed by atoms with Crippen molar-refractivity contribution in [2.24, 2.45) is 0 Å². The van der Waals surface area contributed by atoms with Gasteiger partial charge in [-0.1, -0.05) is 59.4 Å². The van der Waals surface area contributed by atoms with Crippen LogP contribution >= 0.6 is 0 Å². The van der Waals surface area contributed by atoms with Gasteiger partial charge in [0, 0.05) is 6.92 Å². The first-order chi connectivity index (χ1) is 13.8. The molecule has 2 unspecified atom stereocenters. The van der Waals surface area contributed by atoms with E-state index in [1.165, 1.54) is 14.0 Å². The van der Waals surface area contributed by atoms with E-state index >= 15 is 0 Å². The molecule has 0 radical (unpaired) electrons. The molecule has 0 aliphatic carbocycles. The van der Waals surface area contributed by atoms with Gasteiger partial charge in [0.15, 0.2) is 8.32 Å². The molecule has 0 saturated heterocycles. The van der Waals surface area contributed by atoms with E-state index in [4.69, 9.17) is 13.9 Å². The molecule has 5 nitrogen and oxygen atoms in total. The van der Waals surface area contributed by atoms with Crippen LogP contribution in [0.2, 0.25) is 18.1 Å². The van der Waals surface area contributed by atoms with E-state index in [0.29, 0.717) is 12.0 Å². The van der Waals surface area contributed by atoms with E-state index in [2.05, 4.69) is 47.0 Å². The molecule has 0 fully saturated rings. The van der Waals surface area contributed by atoms with Gasteiger partial charge in [-0.05, 0) is 49.4 Å². The Labute approximate surface area is 184 Å². The maximum atomic E-state index is 12.0. The Balaban J connectivity index is 4.98. The zero-order valence-electron chi connectivity index (χ0n) is 20.3. The molecule has 0 heterocycles. The minimum Gasteiger partial charge on any atom is -0.466 e. The lowest BCUT2D eigenvalue weighted by molar-refractivity contribution is -0.144. The molecular formula is C24H42O5Si. The van der Waals surface area contributed by atoms with Crippen molar-refractivity contribution in [3.05, 3.63) is 36.5 Å². The number of hydrogen-bond donors (Lipinski definition) is 0. The predicted octanol–water partition coefficient (Wildman–Crippen LogP) is 6.12. The van der Waals surface area contributed by atoms with E-state index in [1.807, 2.05) is 19.1 Å². The average molecular weight is 439 g/mol. The van der Waals surface area contributed by atoms with Gasteiger partial charge in [0.2, 0.25) is 0 Å². The van der Waals surface area contributed by atoms with Crippen molar-refractivity contribution in [2.45, 2.75) is 97.1 Å². The number of esters is 2. The Kier molecular flexibility index (Phi) is 12.2. The monoisotopic (exact) mass is 438 g/mol. The van der Waals surface area contributed by atoms with Gasteiger partial charge in [0.25, 0.3) is 0 Å². The number of unbranched alkanes of at least 4 members (excludes halogenated alkanes) is 1. The molecule has 0 aromatic heterocycles. The fourth-order valence-corrected chi connectivity index (χ4v) is 3.97. The van der Waals surface area contributed by atoms with Crippen LogP contribution in [0.1, 0.15) is 66.7 Å². The summed E-state index contributed by atoms with van der Waals surface area (Å²) in [5.74, 6) is -0.721. The first-order valence-electron chi connectivity index (χ1n) is 10.7. The van der Waals surface area contributed by atoms with Gasteiger partial charge in [0.1, 0.15) is 6.10 Å². The zero-order valence-corrected chi connectivity index (χ0v) is 21.3. The predicted molar refractivity (Wildman–Crippen MR) is 126 cm³/mol. The van der Waals surface area contributed by atoms with Crippen molar-refractivity contribution in [2.75, 3.05) is 7.11 Å². The molecule has 0 saturated carbocycles. The van der Waals surface area contributed by atoms with Gasteiger partial charge in [-0.2, -0.15) is 0 Å². The van der Waals surface area contributed by atoms with Gasteiger partial charge >= 0.3 is 11.9 Å². The van der Waals surface area contributed by atoms with Crippen LogP contribution < -0.4 is 0 Å². The smallest absolute Gasteiger partial charge is 0.335 e. The maximum Gasteiger partial charge on any atom is 0.335 e. The number of allylic oxidation sites excluding steroid dienone is 1. The quantitative estimate of drug-likeness (QED) is 0.114. The Bertz CT molecular complexity index is 628. The molecule has 0 aromatic rings. The lowest BCUT2D eigenvalue weighted by Crippen LogP contribution is -2.45. The molecule has 172 valence electrons. The van der Waals surface area contributed by atoms with E-state index in [-0.39, 0.29) is 23.2 Å². The van der Waals surface area contributed by atoms with Gasteiger partial charge in [-0.3, -0.25) is 4.79 Å². The summed E-state index contributed by atoms with van der Waals surface area (Å²) in [4.78, 5) is 23.3. The molecule has 0 amide bonds. The van der Waals surface area contributed by atoms with Crippen LogP contribution in [-0.2, 0) is 23.5 Å². The van der Waals surface area contributed by atoms with Crippen LogP contribution in [0, 0.1) is 0 Å². The summed E-state index contributed by atoms with van der Waals surface area (Å²) < 4.78 is 16.7. The van der Waals surface area contributed by atoms with Crippen molar-refractivity contribution < 1.29 is 23.5 Å². The zero-order chi connectivity index (χ0) is 23.5. The van der Waals surface area contributed by atoms with Crippen molar-refractivity contribution in [3.8, 4) is 0 Å². The topological polar surface area (TPSA) is 61.8 Å². The van der Waals surface area contributed by atoms with Crippen LogP contribution in [0.4, 0.5) is 0 Å². The van der Waals surface area contributed by atoms with Crippen LogP contribution in [-0.4, -0.2) is 39.6 Å². The highest BCUT2D eigenvalue weighted by atomic mass is 28.4. The second-order valence-electron chi connectivity index (χ2n) is 9.18. The van der Waals surface area contributed by atoms with Crippen LogP contribution in [0.5, 0.6) is 0 Å². The normalized spacial score (nSPS) is 14.3. The summed E-state index contributed by atoms with van der Waals surface area (Å²) in [7, 11) is -0.703. The molecule has 0 aliphatic rings. The lowest BCUT2D eigenvalue weighted by Gasteiger charge is -2.39. The number of rotatable bonds is 13. The fourth-order valence-electron chi connectivity index (χ4n) is 2.64. The number of carbonyl (C=O) groups excluding carboxylic acids is 2. The van der Waals surface area contributed by atoms with Gasteiger partial charge < -0.3 is 13.9 Å². The molecule has 0 N–H and O–H groups in total. The van der Waals surface area contributed by atoms with Crippen LogP contribution in [0.25, 0.3) is 0 Å². The standard InChI is InChI=1S/C24H42O5Si/c1-11-15-21(28-20(4)25)18(2)16-13-12-14-17-22(19(3)23(26)27-8)29-30(9,10)24(5,6)7/h13,16,21-22H,2-3,11-12,14-15,17H2,1,4-10H3/b16-13+. The van der Waals surface area contributed by atoms with Gasteiger partial charge in [0.05, 0.1) is 18.8 Å². The third-order valence-corrected chi connectivity index (χ3v) is 10.0. The molecule has 0 aromatic carbocycles. The first kappa shape index (κ1) is 28.3. The summed E-state index contributed by atoms with van der Waals surface area (Å²) in [6.07, 6.45) is 7.27. The van der Waals surface area contributed by atoms with E-state index in [9.17, 15) is 9.59 Å². The fraction of sp³-hybridized carbons (Fsp3) is 0.667. The summed E-state index contributed by atoms with van der Waals surface area (Å²) in [6, 6.07) is 0. The molecular weight excluding hydrogens is 396 g/mol. The molecule has 0 aliphatic heterocycles. The van der Waals surface area contributed by atoms with E-state index < -0.39 is 14.3 Å². The average Bonchev–Trinajstić information content (AvgIpc) is 2.63. The summed E-state index contributed by atoms with van der Waals surface area (Å²) in [5.41, 5.74) is 1.16. The molecule has 30 heavy (non-hydrogen) atoms. The minimum absolute atomic E-state index is 0.0320. The highest BCUT2D eigenvalue weighted by Gasteiger charge is 2.40. The lowest BCUT2D eigenvalue weighted by atomic mass is 10.0. The molecule has 0 spiro atoms. The highest BCUT2D eigenvalue weighted by Crippen LogP contribution is 2.38. The Morgan fingerprint density at radius 1 is 1.10 bits per heavy atom. The highest BCUT2D eigenvalue weighted by molar-refractivity contribution is 6.74. The van der Waals surface area contributed by atoms with E-state index in [0.717, 1.165) is 31.3 Å². The number of carbonyl (C=O) groups is 2. The number of methoxy groups -OCH3 is 1.